The topological polar surface area (TPSA) is 127 Å². The van der Waals surface area contributed by atoms with Crippen LogP contribution >= 0.6 is 0 Å². The zero-order chi connectivity index (χ0) is 15.4. The van der Waals surface area contributed by atoms with E-state index < -0.39 is 4.92 Å². The van der Waals surface area contributed by atoms with Crippen LogP contribution in [0.5, 0.6) is 5.88 Å². The molecule has 1 aromatic heterocycles. The summed E-state index contributed by atoms with van der Waals surface area (Å²) in [5, 5.41) is 22.5. The molecule has 0 spiro atoms. The minimum absolute atomic E-state index is 0.0379. The second-order valence-corrected chi connectivity index (χ2v) is 4.91. The van der Waals surface area contributed by atoms with Crippen LogP contribution in [-0.2, 0) is 0 Å². The summed E-state index contributed by atoms with van der Waals surface area (Å²) in [4.78, 5) is 16.6. The van der Waals surface area contributed by atoms with Crippen molar-refractivity contribution in [2.24, 2.45) is 10.9 Å². The Morgan fingerprint density at radius 3 is 2.86 bits per heavy atom. The van der Waals surface area contributed by atoms with Gasteiger partial charge in [-0.1, -0.05) is 5.16 Å². The first-order chi connectivity index (χ1) is 10.0. The molecule has 1 aliphatic heterocycles. The number of nitrogens with two attached hydrogens (primary N) is 1. The van der Waals surface area contributed by atoms with Gasteiger partial charge in [0.05, 0.1) is 4.92 Å². The Morgan fingerprint density at radius 2 is 2.29 bits per heavy atom. The van der Waals surface area contributed by atoms with Crippen molar-refractivity contribution in [3.05, 3.63) is 27.9 Å². The summed E-state index contributed by atoms with van der Waals surface area (Å²) in [6.45, 7) is 1.75. The van der Waals surface area contributed by atoms with E-state index in [4.69, 9.17) is 15.7 Å². The molecule has 1 fully saturated rings. The lowest BCUT2D eigenvalue weighted by atomic mass is 10.1. The van der Waals surface area contributed by atoms with Crippen LogP contribution in [0.3, 0.4) is 0 Å². The van der Waals surface area contributed by atoms with Crippen LogP contribution in [0.2, 0.25) is 0 Å². The Balaban J connectivity index is 2.21. The van der Waals surface area contributed by atoms with E-state index in [9.17, 15) is 10.1 Å². The molecule has 1 aliphatic rings. The van der Waals surface area contributed by atoms with Gasteiger partial charge in [-0.15, -0.1) is 0 Å². The fraction of sp³-hybridized carbons (Fsp3) is 0.500. The lowest BCUT2D eigenvalue weighted by molar-refractivity contribution is -0.386. The maximum atomic E-state index is 11.1. The largest absolute Gasteiger partial charge is 0.469 e. The van der Waals surface area contributed by atoms with Crippen LogP contribution in [0.15, 0.2) is 17.4 Å². The standard InChI is InChI=1S/C12H17N5O4/c1-16-4-2-9(3-5-16)21-12-10(17(19)20)6-8(7-14-12)11(13)15-18/h6-7,9,18H,2-5H2,1H3,(H2,13,15). The van der Waals surface area contributed by atoms with Crippen molar-refractivity contribution >= 4 is 11.5 Å². The first kappa shape index (κ1) is 15.0. The van der Waals surface area contributed by atoms with Gasteiger partial charge in [0.2, 0.25) is 0 Å². The van der Waals surface area contributed by atoms with Gasteiger partial charge in [0.25, 0.3) is 5.88 Å². The third-order valence-electron chi connectivity index (χ3n) is 3.38. The third kappa shape index (κ3) is 3.57. The number of aromatic nitrogens is 1. The molecule has 0 unspecified atom stereocenters. The zero-order valence-electron chi connectivity index (χ0n) is 11.6. The summed E-state index contributed by atoms with van der Waals surface area (Å²) in [7, 11) is 2.02. The van der Waals surface area contributed by atoms with Gasteiger partial charge in [-0.3, -0.25) is 10.1 Å². The Morgan fingerprint density at radius 1 is 1.62 bits per heavy atom. The highest BCUT2D eigenvalue weighted by Crippen LogP contribution is 2.27. The van der Waals surface area contributed by atoms with Crippen LogP contribution in [0, 0.1) is 10.1 Å². The van der Waals surface area contributed by atoms with Crippen molar-refractivity contribution in [2.75, 3.05) is 20.1 Å². The van der Waals surface area contributed by atoms with Gasteiger partial charge in [-0.05, 0) is 19.9 Å². The molecule has 0 saturated carbocycles. The van der Waals surface area contributed by atoms with E-state index in [1.165, 1.54) is 12.3 Å². The number of hydrogen-bond acceptors (Lipinski definition) is 7. The van der Waals surface area contributed by atoms with E-state index in [2.05, 4.69) is 15.0 Å². The average molecular weight is 295 g/mol. The van der Waals surface area contributed by atoms with Crippen LogP contribution in [0.25, 0.3) is 0 Å². The molecule has 1 aromatic rings. The van der Waals surface area contributed by atoms with Crippen molar-refractivity contribution in [2.45, 2.75) is 18.9 Å². The Kier molecular flexibility index (Phi) is 4.53. The fourth-order valence-corrected chi connectivity index (χ4v) is 2.12. The summed E-state index contributed by atoms with van der Waals surface area (Å²) < 4.78 is 5.64. The normalized spacial score (nSPS) is 17.7. The quantitative estimate of drug-likeness (QED) is 0.273. The molecule has 114 valence electrons. The fourth-order valence-electron chi connectivity index (χ4n) is 2.12. The van der Waals surface area contributed by atoms with Gasteiger partial charge >= 0.3 is 5.69 Å². The van der Waals surface area contributed by atoms with Gasteiger partial charge in [0.1, 0.15) is 6.10 Å². The minimum atomic E-state index is -0.592. The van der Waals surface area contributed by atoms with E-state index in [1.807, 2.05) is 7.05 Å². The Bertz CT molecular complexity index is 555. The van der Waals surface area contributed by atoms with E-state index in [1.54, 1.807) is 0 Å². The molecule has 2 rings (SSSR count). The number of nitro groups is 1. The monoisotopic (exact) mass is 295 g/mol. The highest BCUT2D eigenvalue weighted by molar-refractivity contribution is 5.97. The number of nitrogens with zero attached hydrogens (tertiary/aromatic N) is 4. The molecular weight excluding hydrogens is 278 g/mol. The number of ether oxygens (including phenoxy) is 1. The van der Waals surface area contributed by atoms with Crippen molar-refractivity contribution < 1.29 is 14.9 Å². The van der Waals surface area contributed by atoms with Crippen LogP contribution < -0.4 is 10.5 Å². The van der Waals surface area contributed by atoms with Gasteiger partial charge in [-0.2, -0.15) is 0 Å². The maximum absolute atomic E-state index is 11.1. The molecule has 1 saturated heterocycles. The zero-order valence-corrected chi connectivity index (χ0v) is 11.6. The summed E-state index contributed by atoms with van der Waals surface area (Å²) in [5.74, 6) is -0.277. The molecule has 0 atom stereocenters. The number of hydrogen-bond donors (Lipinski definition) is 2. The van der Waals surface area contributed by atoms with E-state index >= 15 is 0 Å². The van der Waals surface area contributed by atoms with Gasteiger partial charge in [0, 0.05) is 30.9 Å². The van der Waals surface area contributed by atoms with Crippen molar-refractivity contribution in [1.82, 2.24) is 9.88 Å². The third-order valence-corrected chi connectivity index (χ3v) is 3.38. The number of likely N-dealkylation sites (tertiary alicyclic amines) is 1. The summed E-state index contributed by atoms with van der Waals surface area (Å²) >= 11 is 0. The number of rotatable bonds is 4. The highest BCUT2D eigenvalue weighted by atomic mass is 16.6. The van der Waals surface area contributed by atoms with Crippen LogP contribution in [0.4, 0.5) is 5.69 Å². The van der Waals surface area contributed by atoms with Crippen LogP contribution in [0.1, 0.15) is 18.4 Å². The molecule has 0 bridgehead atoms. The van der Waals surface area contributed by atoms with E-state index in [-0.39, 0.29) is 29.1 Å². The van der Waals surface area contributed by atoms with Crippen molar-refractivity contribution in [3.8, 4) is 5.88 Å². The molecule has 0 aromatic carbocycles. The first-order valence-electron chi connectivity index (χ1n) is 6.48. The first-order valence-corrected chi connectivity index (χ1v) is 6.48. The molecule has 0 radical (unpaired) electrons. The SMILES string of the molecule is CN1CCC(Oc2ncc(C(N)=NO)cc2[N+](=O)[O-])CC1. The number of oxime groups is 1. The van der Waals surface area contributed by atoms with E-state index in [0.29, 0.717) is 0 Å². The number of piperidine rings is 1. The second-order valence-electron chi connectivity index (χ2n) is 4.91. The molecule has 0 amide bonds. The molecule has 3 N–H and O–H groups in total. The summed E-state index contributed by atoms with van der Waals surface area (Å²) in [6, 6.07) is 1.19. The lowest BCUT2D eigenvalue weighted by Gasteiger charge is -2.28. The molecule has 2 heterocycles. The Labute approximate surface area is 121 Å². The smallest absolute Gasteiger partial charge is 0.331 e. The predicted molar refractivity (Wildman–Crippen MR) is 74.5 cm³/mol. The van der Waals surface area contributed by atoms with Gasteiger partial charge < -0.3 is 20.6 Å². The van der Waals surface area contributed by atoms with E-state index in [0.717, 1.165) is 25.9 Å². The predicted octanol–water partition coefficient (Wildman–Crippen LogP) is 0.557. The molecule has 9 heteroatoms. The molecular formula is C12H17N5O4. The molecule has 9 nitrogen and oxygen atoms in total. The number of pyridine rings is 1. The summed E-state index contributed by atoms with van der Waals surface area (Å²) in [5.41, 5.74) is 5.28. The molecule has 0 aliphatic carbocycles. The number of amidine groups is 1. The van der Waals surface area contributed by atoms with Gasteiger partial charge in [-0.25, -0.2) is 4.98 Å². The van der Waals surface area contributed by atoms with Crippen molar-refractivity contribution in [1.29, 1.82) is 0 Å². The lowest BCUT2D eigenvalue weighted by Crippen LogP contribution is -2.35. The maximum Gasteiger partial charge on any atom is 0.331 e. The summed E-state index contributed by atoms with van der Waals surface area (Å²) in [6.07, 6.45) is 2.77. The highest BCUT2D eigenvalue weighted by Gasteiger charge is 2.24. The van der Waals surface area contributed by atoms with Gasteiger partial charge in [0.15, 0.2) is 5.84 Å². The second kappa shape index (κ2) is 6.35. The van der Waals surface area contributed by atoms with Crippen molar-refractivity contribution in [3.63, 3.8) is 0 Å². The Hall–Kier alpha value is -2.42. The average Bonchev–Trinajstić information content (AvgIpc) is 2.49. The van der Waals surface area contributed by atoms with Crippen LogP contribution in [-0.4, -0.2) is 52.1 Å². The molecule has 21 heavy (non-hydrogen) atoms. The minimum Gasteiger partial charge on any atom is -0.469 e.